The second kappa shape index (κ2) is 4.07. The third kappa shape index (κ3) is 1.79. The van der Waals surface area contributed by atoms with Gasteiger partial charge < -0.3 is 4.74 Å². The average Bonchev–Trinajstić information content (AvgIpc) is 2.75. The topological polar surface area (TPSA) is 60.8 Å². The summed E-state index contributed by atoms with van der Waals surface area (Å²) in [5, 5.41) is 11.9. The van der Waals surface area contributed by atoms with E-state index in [-0.39, 0.29) is 5.60 Å². The third-order valence-corrected chi connectivity index (χ3v) is 4.99. The first-order valence-corrected chi connectivity index (χ1v) is 7.47. The number of pyridine rings is 1. The van der Waals surface area contributed by atoms with Crippen LogP contribution in [0.5, 0.6) is 0 Å². The molecule has 0 fully saturated rings. The van der Waals surface area contributed by atoms with Gasteiger partial charge in [-0.3, -0.25) is 0 Å². The van der Waals surface area contributed by atoms with Gasteiger partial charge in [0.2, 0.25) is 0 Å². The Balaban J connectivity index is 2.02. The molecule has 7 heteroatoms. The van der Waals surface area contributed by atoms with Gasteiger partial charge in [0.1, 0.15) is 11.0 Å². The van der Waals surface area contributed by atoms with Gasteiger partial charge in [-0.1, -0.05) is 11.6 Å². The van der Waals surface area contributed by atoms with Gasteiger partial charge in [-0.2, -0.15) is 0 Å². The van der Waals surface area contributed by atoms with Gasteiger partial charge in [0.05, 0.1) is 27.3 Å². The first kappa shape index (κ1) is 12.4. The maximum atomic E-state index is 6.08. The minimum atomic E-state index is -0.141. The van der Waals surface area contributed by atoms with E-state index >= 15 is 0 Å². The lowest BCUT2D eigenvalue weighted by atomic mass is 9.94. The fourth-order valence-electron chi connectivity index (χ4n) is 2.52. The van der Waals surface area contributed by atoms with E-state index in [2.05, 4.69) is 35.3 Å². The zero-order valence-electron chi connectivity index (χ0n) is 11.0. The highest BCUT2D eigenvalue weighted by Gasteiger charge is 2.28. The fourth-order valence-corrected chi connectivity index (χ4v) is 3.78. The molecule has 0 saturated carbocycles. The van der Waals surface area contributed by atoms with E-state index in [0.717, 1.165) is 32.5 Å². The molecule has 1 aliphatic heterocycles. The van der Waals surface area contributed by atoms with Crippen LogP contribution < -0.4 is 0 Å². The molecular weight excluding hydrogens is 296 g/mol. The van der Waals surface area contributed by atoms with Gasteiger partial charge in [0.15, 0.2) is 5.15 Å². The molecule has 0 unspecified atom stereocenters. The molecule has 1 aliphatic rings. The van der Waals surface area contributed by atoms with Crippen LogP contribution in [0.2, 0.25) is 5.15 Å². The molecule has 0 aliphatic carbocycles. The summed E-state index contributed by atoms with van der Waals surface area (Å²) >= 11 is 7.64. The van der Waals surface area contributed by atoms with Crippen LogP contribution >= 0.6 is 22.9 Å². The molecule has 3 aromatic heterocycles. The normalized spacial score (nSPS) is 17.6. The van der Waals surface area contributed by atoms with Crippen LogP contribution in [-0.2, 0) is 17.8 Å². The summed E-state index contributed by atoms with van der Waals surface area (Å²) < 4.78 is 7.73. The predicted octanol–water partition coefficient (Wildman–Crippen LogP) is 3.14. The number of halogens is 1. The van der Waals surface area contributed by atoms with Crippen LogP contribution in [0, 0.1) is 0 Å². The number of hydrogen-bond acceptors (Lipinski definition) is 6. The molecule has 0 radical (unpaired) electrons. The minimum absolute atomic E-state index is 0.141. The Morgan fingerprint density at radius 1 is 1.30 bits per heavy atom. The predicted molar refractivity (Wildman–Crippen MR) is 78.1 cm³/mol. The summed E-state index contributed by atoms with van der Waals surface area (Å²) in [4.78, 5) is 4.71. The number of rotatable bonds is 0. The Kier molecular flexibility index (Phi) is 2.52. The molecule has 4 rings (SSSR count). The van der Waals surface area contributed by atoms with Crippen LogP contribution in [0.25, 0.3) is 20.4 Å². The molecule has 102 valence electrons. The van der Waals surface area contributed by atoms with Gasteiger partial charge in [0.25, 0.3) is 0 Å². The Labute approximate surface area is 123 Å². The molecule has 3 aromatic rings. The molecule has 5 nitrogen and oxygen atoms in total. The molecule has 4 heterocycles. The fraction of sp³-hybridized carbons (Fsp3) is 0.385. The number of ether oxygens (including phenoxy) is 1. The smallest absolute Gasteiger partial charge is 0.172 e. The minimum Gasteiger partial charge on any atom is -0.369 e. The number of fused-ring (bicyclic) bond motifs is 4. The van der Waals surface area contributed by atoms with E-state index < -0.39 is 0 Å². The van der Waals surface area contributed by atoms with Gasteiger partial charge in [-0.25, -0.2) is 4.98 Å². The largest absolute Gasteiger partial charge is 0.369 e. The number of thiophene rings is 1. The van der Waals surface area contributed by atoms with Crippen LogP contribution in [0.1, 0.15) is 25.1 Å². The third-order valence-electron chi connectivity index (χ3n) is 3.49. The van der Waals surface area contributed by atoms with Crippen molar-refractivity contribution in [2.45, 2.75) is 32.5 Å². The summed E-state index contributed by atoms with van der Waals surface area (Å²) in [7, 11) is 0. The Bertz CT molecular complexity index is 845. The van der Waals surface area contributed by atoms with E-state index in [0.29, 0.717) is 11.8 Å². The second-order valence-electron chi connectivity index (χ2n) is 5.53. The quantitative estimate of drug-likeness (QED) is 0.638. The molecule has 0 saturated heterocycles. The Morgan fingerprint density at radius 3 is 3.00 bits per heavy atom. The van der Waals surface area contributed by atoms with Crippen molar-refractivity contribution in [3.8, 4) is 0 Å². The molecular formula is C13H11ClN4OS. The second-order valence-corrected chi connectivity index (χ2v) is 6.94. The van der Waals surface area contributed by atoms with Crippen molar-refractivity contribution in [3.63, 3.8) is 0 Å². The van der Waals surface area contributed by atoms with Crippen molar-refractivity contribution in [2.75, 3.05) is 0 Å². The van der Waals surface area contributed by atoms with Crippen molar-refractivity contribution < 1.29 is 4.74 Å². The van der Waals surface area contributed by atoms with Gasteiger partial charge >= 0.3 is 0 Å². The molecule has 0 spiro atoms. The lowest BCUT2D eigenvalue weighted by Gasteiger charge is -2.31. The van der Waals surface area contributed by atoms with Gasteiger partial charge in [-0.15, -0.1) is 21.5 Å². The summed E-state index contributed by atoms with van der Waals surface area (Å²) in [6.45, 7) is 4.72. The monoisotopic (exact) mass is 306 g/mol. The van der Waals surface area contributed by atoms with Crippen LogP contribution in [-0.4, -0.2) is 26.0 Å². The summed E-state index contributed by atoms with van der Waals surface area (Å²) in [6.07, 6.45) is 0.858. The molecule has 0 aromatic carbocycles. The molecule has 0 bridgehead atoms. The number of aromatic nitrogens is 4. The zero-order valence-corrected chi connectivity index (χ0v) is 12.5. The lowest BCUT2D eigenvalue weighted by molar-refractivity contribution is -0.0418. The number of nitrogens with zero attached hydrogens (tertiary/aromatic N) is 4. The van der Waals surface area contributed by atoms with Crippen molar-refractivity contribution in [2.24, 2.45) is 0 Å². The van der Waals surface area contributed by atoms with Gasteiger partial charge in [0, 0.05) is 6.42 Å². The molecule has 0 amide bonds. The van der Waals surface area contributed by atoms with Crippen molar-refractivity contribution in [1.29, 1.82) is 0 Å². The summed E-state index contributed by atoms with van der Waals surface area (Å²) in [6, 6.07) is 2.17. The molecule has 0 atom stereocenters. The standard InChI is InChI=1S/C13H11ClN4OS/c1-13(2)4-6-3-8-9(15-7(6)5-19-13)10-11(20-8)12(14)17-18-16-10/h3H,4-5H2,1-2H3. The SMILES string of the molecule is CC1(C)Cc2cc3sc4c(Cl)nnnc4c3nc2CO1. The van der Waals surface area contributed by atoms with Crippen molar-refractivity contribution in [3.05, 3.63) is 22.5 Å². The molecule has 20 heavy (non-hydrogen) atoms. The maximum Gasteiger partial charge on any atom is 0.172 e. The lowest BCUT2D eigenvalue weighted by Crippen LogP contribution is -2.32. The maximum absolute atomic E-state index is 6.08. The van der Waals surface area contributed by atoms with E-state index in [4.69, 9.17) is 21.3 Å². The van der Waals surface area contributed by atoms with Crippen LogP contribution in [0.4, 0.5) is 0 Å². The van der Waals surface area contributed by atoms with Crippen molar-refractivity contribution in [1.82, 2.24) is 20.4 Å². The summed E-state index contributed by atoms with van der Waals surface area (Å²) in [5.74, 6) is 0. The first-order valence-electron chi connectivity index (χ1n) is 6.27. The van der Waals surface area contributed by atoms with Crippen LogP contribution in [0.15, 0.2) is 6.07 Å². The Hall–Kier alpha value is -1.37. The molecule has 0 N–H and O–H groups in total. The van der Waals surface area contributed by atoms with E-state index in [1.165, 1.54) is 5.56 Å². The van der Waals surface area contributed by atoms with Crippen LogP contribution in [0.3, 0.4) is 0 Å². The van der Waals surface area contributed by atoms with Gasteiger partial charge in [-0.05, 0) is 30.7 Å². The number of hydrogen-bond donors (Lipinski definition) is 0. The van der Waals surface area contributed by atoms with E-state index in [9.17, 15) is 0 Å². The van der Waals surface area contributed by atoms with E-state index in [1.54, 1.807) is 11.3 Å². The first-order chi connectivity index (χ1) is 9.53. The van der Waals surface area contributed by atoms with E-state index in [1.807, 2.05) is 0 Å². The summed E-state index contributed by atoms with van der Waals surface area (Å²) in [5.41, 5.74) is 3.63. The highest BCUT2D eigenvalue weighted by Crippen LogP contribution is 2.37. The average molecular weight is 307 g/mol. The highest BCUT2D eigenvalue weighted by atomic mass is 35.5. The Morgan fingerprint density at radius 2 is 2.15 bits per heavy atom. The highest BCUT2D eigenvalue weighted by molar-refractivity contribution is 7.26. The zero-order chi connectivity index (χ0) is 13.9. The van der Waals surface area contributed by atoms with Crippen molar-refractivity contribution >= 4 is 43.4 Å².